The second kappa shape index (κ2) is 11.6. The van der Waals surface area contributed by atoms with Crippen LogP contribution >= 0.6 is 11.8 Å². The van der Waals surface area contributed by atoms with Gasteiger partial charge in [-0.2, -0.15) is 13.2 Å². The summed E-state index contributed by atoms with van der Waals surface area (Å²) in [4.78, 5) is 11.8. The Morgan fingerprint density at radius 1 is 0.892 bits per heavy atom. The maximum Gasteiger partial charge on any atom is 0.416 e. The van der Waals surface area contributed by atoms with E-state index in [4.69, 9.17) is 9.84 Å². The summed E-state index contributed by atoms with van der Waals surface area (Å²) in [6.07, 6.45) is -3.63. The molecule has 0 aliphatic rings. The second-order valence-electron chi connectivity index (χ2n) is 8.61. The number of carboxylic acids is 1. The fraction of sp³-hybridized carbons (Fsp3) is 0.167. The van der Waals surface area contributed by atoms with Crippen molar-refractivity contribution in [3.8, 4) is 16.9 Å². The summed E-state index contributed by atoms with van der Waals surface area (Å²) in [6.45, 7) is 1.47. The van der Waals surface area contributed by atoms with Crippen LogP contribution in [0.1, 0.15) is 27.5 Å². The lowest BCUT2D eigenvalue weighted by atomic mass is 9.99. The molecule has 0 bridgehead atoms. The smallest absolute Gasteiger partial charge is 0.416 e. The third-order valence-electron chi connectivity index (χ3n) is 5.85. The average Bonchev–Trinajstić information content (AvgIpc) is 2.88. The monoisotopic (exact) mass is 522 g/mol. The number of alkyl halides is 3. The Balaban J connectivity index is 1.59. The van der Waals surface area contributed by atoms with Gasteiger partial charge in [-0.3, -0.25) is 0 Å². The van der Waals surface area contributed by atoms with Crippen molar-refractivity contribution in [1.29, 1.82) is 0 Å². The van der Waals surface area contributed by atoms with Crippen LogP contribution in [-0.2, 0) is 17.4 Å². The van der Waals surface area contributed by atoms with Crippen LogP contribution in [0.4, 0.5) is 13.2 Å². The number of benzene rings is 4. The molecule has 0 radical (unpaired) electrons. The molecule has 0 fully saturated rings. The highest BCUT2D eigenvalue weighted by Gasteiger charge is 2.30. The molecule has 190 valence electrons. The Morgan fingerprint density at radius 2 is 1.62 bits per heavy atom. The van der Waals surface area contributed by atoms with E-state index in [1.165, 1.54) is 17.7 Å². The highest BCUT2D eigenvalue weighted by Crippen LogP contribution is 2.40. The van der Waals surface area contributed by atoms with Gasteiger partial charge in [0, 0.05) is 10.1 Å². The maximum atomic E-state index is 13.2. The zero-order valence-corrected chi connectivity index (χ0v) is 20.9. The summed E-state index contributed by atoms with van der Waals surface area (Å²) in [7, 11) is 0. The van der Waals surface area contributed by atoms with Gasteiger partial charge in [0.05, 0.1) is 5.56 Å². The number of halogens is 3. The van der Waals surface area contributed by atoms with Crippen LogP contribution in [0.2, 0.25) is 0 Å². The molecule has 1 N–H and O–H groups in total. The lowest BCUT2D eigenvalue weighted by Gasteiger charge is -2.19. The molecule has 0 aliphatic carbocycles. The van der Waals surface area contributed by atoms with E-state index in [2.05, 4.69) is 12.1 Å². The predicted molar refractivity (Wildman–Crippen MR) is 140 cm³/mol. The van der Waals surface area contributed by atoms with E-state index in [9.17, 15) is 18.0 Å². The summed E-state index contributed by atoms with van der Waals surface area (Å²) in [6, 6.07) is 28.7. The summed E-state index contributed by atoms with van der Waals surface area (Å²) in [5.74, 6) is -0.508. The predicted octanol–water partition coefficient (Wildman–Crippen LogP) is 8.22. The number of hydrogen-bond donors (Lipinski definition) is 1. The first-order valence-electron chi connectivity index (χ1n) is 11.6. The summed E-state index contributed by atoms with van der Waals surface area (Å²) < 4.78 is 44.8. The van der Waals surface area contributed by atoms with Gasteiger partial charge in [-0.25, -0.2) is 4.79 Å². The van der Waals surface area contributed by atoms with Gasteiger partial charge in [-0.05, 0) is 71.5 Å². The number of rotatable bonds is 9. The zero-order valence-electron chi connectivity index (χ0n) is 20.0. The molecule has 0 amide bonds. The van der Waals surface area contributed by atoms with Gasteiger partial charge in [0.1, 0.15) is 5.75 Å². The van der Waals surface area contributed by atoms with E-state index in [-0.39, 0.29) is 5.25 Å². The Labute approximate surface area is 217 Å². The quantitative estimate of drug-likeness (QED) is 0.225. The minimum Gasteiger partial charge on any atom is -0.482 e. The highest BCUT2D eigenvalue weighted by molar-refractivity contribution is 7.99. The normalized spacial score (nSPS) is 12.2. The van der Waals surface area contributed by atoms with Gasteiger partial charge in [0.2, 0.25) is 0 Å². The van der Waals surface area contributed by atoms with Gasteiger partial charge < -0.3 is 9.84 Å². The molecular weight excluding hydrogens is 497 g/mol. The molecule has 1 unspecified atom stereocenters. The second-order valence-corrected chi connectivity index (χ2v) is 9.88. The fourth-order valence-corrected chi connectivity index (χ4v) is 5.27. The largest absolute Gasteiger partial charge is 0.482 e. The number of aliphatic carboxylic acids is 1. The number of aryl methyl sites for hydroxylation is 1. The summed E-state index contributed by atoms with van der Waals surface area (Å²) in [5, 5.41) is 8.91. The van der Waals surface area contributed by atoms with Crippen molar-refractivity contribution in [2.45, 2.75) is 29.7 Å². The summed E-state index contributed by atoms with van der Waals surface area (Å²) in [5.41, 5.74) is 3.62. The van der Waals surface area contributed by atoms with Crippen molar-refractivity contribution >= 4 is 17.7 Å². The molecule has 0 heterocycles. The number of carbonyl (C=O) groups is 1. The van der Waals surface area contributed by atoms with Crippen LogP contribution in [-0.4, -0.2) is 17.7 Å². The molecule has 0 saturated carbocycles. The first kappa shape index (κ1) is 26.4. The molecule has 4 aromatic rings. The zero-order chi connectivity index (χ0) is 26.4. The molecule has 0 aromatic heterocycles. The Morgan fingerprint density at radius 3 is 2.27 bits per heavy atom. The van der Waals surface area contributed by atoms with Crippen molar-refractivity contribution in [1.82, 2.24) is 0 Å². The lowest BCUT2D eigenvalue weighted by Crippen LogP contribution is -2.10. The van der Waals surface area contributed by atoms with Crippen LogP contribution in [0, 0.1) is 6.92 Å². The van der Waals surface area contributed by atoms with Crippen LogP contribution < -0.4 is 4.74 Å². The highest BCUT2D eigenvalue weighted by atomic mass is 32.2. The number of ether oxygens (including phenoxy) is 1. The van der Waals surface area contributed by atoms with Gasteiger partial charge in [-0.15, -0.1) is 11.8 Å². The lowest BCUT2D eigenvalue weighted by molar-refractivity contribution is -0.139. The minimum absolute atomic E-state index is 0.0446. The molecule has 7 heteroatoms. The molecule has 0 saturated heterocycles. The SMILES string of the molecule is Cc1cc(SC(Cc2ccccc2)c2ccc(-c3cccc(C(F)(F)F)c3)cc2)ccc1OCC(=O)O. The molecule has 37 heavy (non-hydrogen) atoms. The van der Waals surface area contributed by atoms with E-state index in [1.807, 2.05) is 61.5 Å². The van der Waals surface area contributed by atoms with E-state index in [0.717, 1.165) is 28.5 Å². The first-order valence-corrected chi connectivity index (χ1v) is 12.5. The minimum atomic E-state index is -4.39. The number of carboxylic acid groups (broad SMARTS) is 1. The first-order chi connectivity index (χ1) is 17.7. The topological polar surface area (TPSA) is 46.5 Å². The van der Waals surface area contributed by atoms with Gasteiger partial charge in [-0.1, -0.05) is 66.7 Å². The Kier molecular flexibility index (Phi) is 8.24. The van der Waals surface area contributed by atoms with E-state index in [1.54, 1.807) is 23.9 Å². The third-order valence-corrected chi connectivity index (χ3v) is 7.09. The van der Waals surface area contributed by atoms with Crippen LogP contribution in [0.3, 0.4) is 0 Å². The molecule has 4 rings (SSSR count). The summed E-state index contributed by atoms with van der Waals surface area (Å²) >= 11 is 1.67. The van der Waals surface area contributed by atoms with Crippen molar-refractivity contribution < 1.29 is 27.8 Å². The molecule has 3 nitrogen and oxygen atoms in total. The molecule has 4 aromatic carbocycles. The molecule has 1 atom stereocenters. The number of thioether (sulfide) groups is 1. The Hall–Kier alpha value is -3.71. The third kappa shape index (κ3) is 7.17. The standard InChI is InChI=1S/C30H25F3O3S/c1-20-16-26(14-15-27(20)36-19-29(34)35)37-28(17-21-6-3-2-4-7-21)23-12-10-22(11-13-23)24-8-5-9-25(18-24)30(31,32)33/h2-16,18,28H,17,19H2,1H3,(H,34,35). The van der Waals surface area contributed by atoms with Crippen LogP contribution in [0.5, 0.6) is 5.75 Å². The maximum absolute atomic E-state index is 13.2. The molecular formula is C30H25F3O3S. The van der Waals surface area contributed by atoms with Gasteiger partial charge in [0.15, 0.2) is 6.61 Å². The van der Waals surface area contributed by atoms with Crippen LogP contribution in [0.15, 0.2) is 102 Å². The van der Waals surface area contributed by atoms with Crippen molar-refractivity contribution in [3.63, 3.8) is 0 Å². The van der Waals surface area contributed by atoms with Crippen LogP contribution in [0.25, 0.3) is 11.1 Å². The fourth-order valence-electron chi connectivity index (χ4n) is 3.98. The van der Waals surface area contributed by atoms with E-state index < -0.39 is 24.3 Å². The van der Waals surface area contributed by atoms with Gasteiger partial charge in [0.25, 0.3) is 0 Å². The average molecular weight is 523 g/mol. The molecule has 0 aliphatic heterocycles. The van der Waals surface area contributed by atoms with E-state index >= 15 is 0 Å². The number of hydrogen-bond acceptors (Lipinski definition) is 3. The van der Waals surface area contributed by atoms with Crippen molar-refractivity contribution in [2.75, 3.05) is 6.61 Å². The van der Waals surface area contributed by atoms with Crippen molar-refractivity contribution in [3.05, 3.63) is 119 Å². The molecule has 0 spiro atoms. The van der Waals surface area contributed by atoms with E-state index in [0.29, 0.717) is 16.9 Å². The van der Waals surface area contributed by atoms with Gasteiger partial charge >= 0.3 is 12.1 Å². The van der Waals surface area contributed by atoms with Crippen molar-refractivity contribution in [2.24, 2.45) is 0 Å². The Bertz CT molecular complexity index is 1350.